The summed E-state index contributed by atoms with van der Waals surface area (Å²) in [7, 11) is -1.85. The summed E-state index contributed by atoms with van der Waals surface area (Å²) in [6.45, 7) is 2.26. The van der Waals surface area contributed by atoms with Crippen LogP contribution >= 0.6 is 0 Å². The van der Waals surface area contributed by atoms with Gasteiger partial charge in [-0.25, -0.2) is 0 Å². The molecule has 0 aliphatic rings. The van der Waals surface area contributed by atoms with Crippen molar-refractivity contribution < 1.29 is 21.5 Å². The highest BCUT2D eigenvalue weighted by molar-refractivity contribution is 6.55. The molecule has 190 valence electrons. The summed E-state index contributed by atoms with van der Waals surface area (Å²) in [4.78, 5) is 0. The van der Waals surface area contributed by atoms with E-state index >= 15 is 0 Å². The first-order chi connectivity index (χ1) is 17.0. The van der Waals surface area contributed by atoms with Crippen LogP contribution in [0.2, 0.25) is 0 Å². The fourth-order valence-corrected chi connectivity index (χ4v) is 3.61. The summed E-state index contributed by atoms with van der Waals surface area (Å²) in [6.07, 6.45) is 14.5. The normalized spacial score (nSPS) is 9.97. The van der Waals surface area contributed by atoms with E-state index in [0.29, 0.717) is 5.46 Å². The second-order valence-electron chi connectivity index (χ2n) is 8.98. The number of hydrogen-bond acceptors (Lipinski definition) is 2. The third kappa shape index (κ3) is 17.6. The quantitative estimate of drug-likeness (QED) is 0.308. The van der Waals surface area contributed by atoms with Crippen LogP contribution in [0, 0.1) is 0 Å². The van der Waals surface area contributed by atoms with Crippen LogP contribution < -0.4 is 27.0 Å². The highest BCUT2D eigenvalue weighted by Gasteiger charge is 1.96. The molecule has 0 unspecified atom stereocenters. The van der Waals surface area contributed by atoms with Gasteiger partial charge in [0.25, 0.3) is 0 Å². The lowest BCUT2D eigenvalue weighted by Gasteiger charge is -2.26. The SMILES string of the molecule is CCCCCCCCCCCCc1ccc(B([O-])[O-])cc1.[NH3+]c1ccccc1.[NH3+]c1ccccc1. The molecule has 0 amide bonds. The van der Waals surface area contributed by atoms with Crippen LogP contribution in [0.15, 0.2) is 84.9 Å². The fraction of sp³-hybridized carbons (Fsp3) is 0.400. The maximum atomic E-state index is 10.7. The number of benzene rings is 3. The van der Waals surface area contributed by atoms with Crippen LogP contribution in [0.4, 0.5) is 11.4 Å². The third-order valence-electron chi connectivity index (χ3n) is 5.76. The van der Waals surface area contributed by atoms with Crippen molar-refractivity contribution in [2.75, 3.05) is 0 Å². The predicted octanol–water partition coefficient (Wildman–Crippen LogP) is 3.69. The second kappa shape index (κ2) is 20.9. The average Bonchev–Trinajstić information content (AvgIpc) is 2.87. The van der Waals surface area contributed by atoms with E-state index in [-0.39, 0.29) is 0 Å². The Labute approximate surface area is 213 Å². The van der Waals surface area contributed by atoms with E-state index < -0.39 is 7.12 Å². The number of rotatable bonds is 12. The molecule has 0 aromatic heterocycles. The Kier molecular flexibility index (Phi) is 18.3. The van der Waals surface area contributed by atoms with Gasteiger partial charge in [0, 0.05) is 0 Å². The molecule has 4 nitrogen and oxygen atoms in total. The minimum absolute atomic E-state index is 0.349. The van der Waals surface area contributed by atoms with Crippen molar-refractivity contribution in [1.82, 2.24) is 0 Å². The van der Waals surface area contributed by atoms with Gasteiger partial charge in [-0.15, -0.1) is 5.46 Å². The molecule has 0 radical (unpaired) electrons. The molecule has 0 saturated heterocycles. The Balaban J connectivity index is 0.000000350. The molecule has 3 aromatic rings. The largest absolute Gasteiger partial charge is 0.889 e. The summed E-state index contributed by atoms with van der Waals surface area (Å²) in [6, 6.07) is 26.9. The van der Waals surface area contributed by atoms with Crippen molar-refractivity contribution >= 4 is 24.0 Å². The van der Waals surface area contributed by atoms with Crippen molar-refractivity contribution in [1.29, 1.82) is 0 Å². The summed E-state index contributed by atoms with van der Waals surface area (Å²) in [5, 5.41) is 21.5. The molecule has 0 bridgehead atoms. The Morgan fingerprint density at radius 3 is 1.29 bits per heavy atom. The summed E-state index contributed by atoms with van der Waals surface area (Å²) >= 11 is 0. The first-order valence-corrected chi connectivity index (χ1v) is 13.2. The van der Waals surface area contributed by atoms with Gasteiger partial charge < -0.3 is 21.5 Å². The lowest BCUT2D eigenvalue weighted by atomic mass is 9.80. The van der Waals surface area contributed by atoms with E-state index in [4.69, 9.17) is 0 Å². The Morgan fingerprint density at radius 1 is 0.543 bits per heavy atom. The zero-order valence-corrected chi connectivity index (χ0v) is 21.7. The molecular formula is C30H45BN2O2. The molecule has 3 rings (SSSR count). The molecule has 0 fully saturated rings. The highest BCUT2D eigenvalue weighted by atomic mass is 16.4. The summed E-state index contributed by atoms with van der Waals surface area (Å²) < 4.78 is 0. The van der Waals surface area contributed by atoms with Crippen LogP contribution in [-0.2, 0) is 6.42 Å². The summed E-state index contributed by atoms with van der Waals surface area (Å²) in [5.41, 5.74) is 11.2. The lowest BCUT2D eigenvalue weighted by Crippen LogP contribution is -2.55. The maximum Gasteiger partial charge on any atom is 0.127 e. The van der Waals surface area contributed by atoms with E-state index in [2.05, 4.69) is 18.4 Å². The number of unbranched alkanes of at least 4 members (excludes halogenated alkanes) is 9. The van der Waals surface area contributed by atoms with Gasteiger partial charge in [0.15, 0.2) is 0 Å². The van der Waals surface area contributed by atoms with E-state index in [0.717, 1.165) is 17.8 Å². The van der Waals surface area contributed by atoms with Crippen molar-refractivity contribution in [3.8, 4) is 0 Å². The molecule has 0 saturated carbocycles. The topological polar surface area (TPSA) is 101 Å². The number of aryl methyl sites for hydroxylation is 1. The van der Waals surface area contributed by atoms with Crippen LogP contribution in [0.3, 0.4) is 0 Å². The van der Waals surface area contributed by atoms with Crippen molar-refractivity contribution in [2.24, 2.45) is 0 Å². The Morgan fingerprint density at radius 2 is 0.943 bits per heavy atom. The Bertz CT molecular complexity index is 806. The maximum absolute atomic E-state index is 10.7. The molecule has 0 atom stereocenters. The monoisotopic (exact) mass is 476 g/mol. The van der Waals surface area contributed by atoms with E-state index in [1.807, 2.05) is 72.8 Å². The van der Waals surface area contributed by atoms with E-state index in [9.17, 15) is 10.0 Å². The van der Waals surface area contributed by atoms with Gasteiger partial charge in [-0.1, -0.05) is 132 Å². The van der Waals surface area contributed by atoms with Gasteiger partial charge in [0.1, 0.15) is 11.4 Å². The molecule has 6 N–H and O–H groups in total. The lowest BCUT2D eigenvalue weighted by molar-refractivity contribution is -0.341. The minimum Gasteiger partial charge on any atom is -0.889 e. The van der Waals surface area contributed by atoms with Gasteiger partial charge in [-0.3, -0.25) is 0 Å². The number of hydrogen-bond donors (Lipinski definition) is 2. The Hall–Kier alpha value is -2.44. The molecule has 5 heteroatoms. The van der Waals surface area contributed by atoms with Crippen molar-refractivity contribution in [3.63, 3.8) is 0 Å². The van der Waals surface area contributed by atoms with Gasteiger partial charge >= 0.3 is 0 Å². The van der Waals surface area contributed by atoms with Crippen molar-refractivity contribution in [2.45, 2.75) is 77.6 Å². The van der Waals surface area contributed by atoms with Gasteiger partial charge in [0.05, 0.1) is 0 Å². The minimum atomic E-state index is -1.85. The standard InChI is InChI=1S/C18H29BO2.2C6H7N/c1-2-3-4-5-6-7-8-9-10-11-12-17-13-15-18(16-14-17)19(20)21;2*7-6-4-2-1-3-5-6/h13-16H,2-12H2,1H3;2*1-5H,7H2/q-2;;/p+2. The fourth-order valence-electron chi connectivity index (χ4n) is 3.61. The van der Waals surface area contributed by atoms with Crippen LogP contribution in [0.5, 0.6) is 0 Å². The average molecular weight is 477 g/mol. The zero-order chi connectivity index (χ0) is 25.6. The second-order valence-corrected chi connectivity index (χ2v) is 8.98. The number of quaternary nitrogens is 2. The highest BCUT2D eigenvalue weighted by Crippen LogP contribution is 2.12. The van der Waals surface area contributed by atoms with Crippen molar-refractivity contribution in [3.05, 3.63) is 90.5 Å². The van der Waals surface area contributed by atoms with E-state index in [1.165, 1.54) is 69.8 Å². The first kappa shape index (κ1) is 30.6. The van der Waals surface area contributed by atoms with Crippen LogP contribution in [0.25, 0.3) is 0 Å². The molecule has 0 heterocycles. The molecule has 35 heavy (non-hydrogen) atoms. The molecule has 0 aliphatic carbocycles. The van der Waals surface area contributed by atoms with Gasteiger partial charge in [0.2, 0.25) is 0 Å². The van der Waals surface area contributed by atoms with Gasteiger partial charge in [-0.05, 0) is 42.7 Å². The molecule has 0 aliphatic heterocycles. The van der Waals surface area contributed by atoms with Crippen LogP contribution in [0.1, 0.15) is 76.7 Å². The van der Waals surface area contributed by atoms with Gasteiger partial charge in [-0.2, -0.15) is 0 Å². The first-order valence-electron chi connectivity index (χ1n) is 13.2. The molecule has 3 aromatic carbocycles. The van der Waals surface area contributed by atoms with Crippen LogP contribution in [-0.4, -0.2) is 7.12 Å². The molecular weight excluding hydrogens is 431 g/mol. The smallest absolute Gasteiger partial charge is 0.127 e. The third-order valence-corrected chi connectivity index (χ3v) is 5.76. The molecule has 0 spiro atoms. The summed E-state index contributed by atoms with van der Waals surface area (Å²) in [5.74, 6) is 0. The van der Waals surface area contributed by atoms with E-state index in [1.54, 1.807) is 12.1 Å². The zero-order valence-electron chi connectivity index (χ0n) is 21.7. The predicted molar refractivity (Wildman–Crippen MR) is 145 cm³/mol.